The highest BCUT2D eigenvalue weighted by molar-refractivity contribution is 6.02. The maximum Gasteiger partial charge on any atom is 0.233 e. The molecule has 2 saturated carbocycles. The third-order valence-electron chi connectivity index (χ3n) is 7.82. The van der Waals surface area contributed by atoms with Crippen LogP contribution in [-0.2, 0) is 15.3 Å². The maximum atomic E-state index is 13.9. The average molecular weight is 391 g/mol. The number of para-hydroxylation sites is 1. The van der Waals surface area contributed by atoms with Crippen molar-refractivity contribution in [1.82, 2.24) is 0 Å². The standard InChI is InChI=1S/C24H25NO4/c1-12-5-4-6-13(2)20(12)25-23(27)18-16-11-17-19(18)24(25,29-22(17)21(16)26)14-7-9-15(28-3)10-8-14/h4-10,16-19,21-22,26H,11H2,1-3H3. The zero-order valence-electron chi connectivity index (χ0n) is 16.8. The number of anilines is 1. The number of carbonyl (C=O) groups is 1. The third kappa shape index (κ3) is 1.91. The Morgan fingerprint density at radius 2 is 1.79 bits per heavy atom. The molecule has 2 heterocycles. The summed E-state index contributed by atoms with van der Waals surface area (Å²) in [6.07, 6.45) is 0.125. The van der Waals surface area contributed by atoms with Crippen molar-refractivity contribution in [1.29, 1.82) is 0 Å². The molecule has 2 bridgehead atoms. The van der Waals surface area contributed by atoms with E-state index < -0.39 is 11.8 Å². The number of methoxy groups -OCH3 is 1. The number of fused-ring (bicyclic) bond motifs is 2. The molecule has 7 atom stereocenters. The van der Waals surface area contributed by atoms with E-state index in [1.54, 1.807) is 7.11 Å². The Kier molecular flexibility index (Phi) is 3.38. The van der Waals surface area contributed by atoms with Gasteiger partial charge in [0.2, 0.25) is 5.91 Å². The molecule has 0 spiro atoms. The second kappa shape index (κ2) is 5.61. The number of aliphatic hydroxyl groups excluding tert-OH is 1. The number of benzene rings is 2. The van der Waals surface area contributed by atoms with Gasteiger partial charge in [0.1, 0.15) is 5.75 Å². The lowest BCUT2D eigenvalue weighted by molar-refractivity contribution is -0.133. The molecule has 4 aliphatic rings. The van der Waals surface area contributed by atoms with Gasteiger partial charge in [-0.25, -0.2) is 0 Å². The quantitative estimate of drug-likeness (QED) is 0.873. The number of hydrogen-bond acceptors (Lipinski definition) is 4. The summed E-state index contributed by atoms with van der Waals surface area (Å²) in [4.78, 5) is 15.8. The smallest absolute Gasteiger partial charge is 0.233 e. The Bertz CT molecular complexity index is 998. The van der Waals surface area contributed by atoms with Gasteiger partial charge in [0.15, 0.2) is 5.72 Å². The molecule has 6 rings (SSSR count). The van der Waals surface area contributed by atoms with Gasteiger partial charge in [-0.15, -0.1) is 0 Å². The van der Waals surface area contributed by atoms with Crippen LogP contribution in [0.5, 0.6) is 5.75 Å². The molecule has 29 heavy (non-hydrogen) atoms. The fraction of sp³-hybridized carbons (Fsp3) is 0.458. The van der Waals surface area contributed by atoms with Crippen LogP contribution in [0.3, 0.4) is 0 Å². The highest BCUT2D eigenvalue weighted by Crippen LogP contribution is 2.71. The zero-order chi connectivity index (χ0) is 20.1. The Morgan fingerprint density at radius 3 is 2.45 bits per heavy atom. The van der Waals surface area contributed by atoms with Crippen LogP contribution >= 0.6 is 0 Å². The molecule has 0 aromatic heterocycles. The van der Waals surface area contributed by atoms with Gasteiger partial charge in [-0.1, -0.05) is 30.3 Å². The highest BCUT2D eigenvalue weighted by atomic mass is 16.6. The van der Waals surface area contributed by atoms with E-state index >= 15 is 0 Å². The van der Waals surface area contributed by atoms with Crippen molar-refractivity contribution in [3.05, 3.63) is 59.2 Å². The van der Waals surface area contributed by atoms with Crippen LogP contribution in [-0.4, -0.2) is 30.3 Å². The van der Waals surface area contributed by atoms with Crippen molar-refractivity contribution in [2.45, 2.75) is 38.2 Å². The van der Waals surface area contributed by atoms with Crippen LogP contribution in [0.1, 0.15) is 23.1 Å². The molecule has 5 heteroatoms. The number of rotatable bonds is 3. The minimum absolute atomic E-state index is 0.00283. The Labute approximate surface area is 170 Å². The largest absolute Gasteiger partial charge is 0.497 e. The van der Waals surface area contributed by atoms with Crippen LogP contribution in [0.2, 0.25) is 0 Å². The van der Waals surface area contributed by atoms with E-state index in [0.29, 0.717) is 0 Å². The van der Waals surface area contributed by atoms with E-state index in [1.807, 2.05) is 61.2 Å². The lowest BCUT2D eigenvalue weighted by Gasteiger charge is -2.40. The molecule has 2 aromatic rings. The van der Waals surface area contributed by atoms with E-state index in [0.717, 1.165) is 34.5 Å². The van der Waals surface area contributed by atoms with Crippen molar-refractivity contribution in [3.8, 4) is 5.75 Å². The van der Waals surface area contributed by atoms with Gasteiger partial charge in [-0.05, 0) is 55.4 Å². The molecular formula is C24H25NO4. The molecule has 1 amide bonds. The molecule has 1 N–H and O–H groups in total. The fourth-order valence-corrected chi connectivity index (χ4v) is 6.81. The fourth-order valence-electron chi connectivity index (χ4n) is 6.81. The summed E-state index contributed by atoms with van der Waals surface area (Å²) >= 11 is 0. The molecular weight excluding hydrogens is 366 g/mol. The van der Waals surface area contributed by atoms with Crippen molar-refractivity contribution in [2.24, 2.45) is 23.7 Å². The first kappa shape index (κ1) is 17.5. The summed E-state index contributed by atoms with van der Waals surface area (Å²) in [6.45, 7) is 4.10. The molecule has 2 aliphatic carbocycles. The molecule has 5 nitrogen and oxygen atoms in total. The number of hydrogen-bond donors (Lipinski definition) is 1. The summed E-state index contributed by atoms with van der Waals surface area (Å²) in [7, 11) is 1.65. The van der Waals surface area contributed by atoms with Crippen LogP contribution in [0.25, 0.3) is 0 Å². The number of carbonyl (C=O) groups excluding carboxylic acids is 1. The molecule has 150 valence electrons. The Morgan fingerprint density at radius 1 is 1.10 bits per heavy atom. The molecule has 2 saturated heterocycles. The van der Waals surface area contributed by atoms with E-state index in [2.05, 4.69) is 0 Å². The molecule has 2 aliphatic heterocycles. The second-order valence-corrected chi connectivity index (χ2v) is 9.03. The first-order valence-corrected chi connectivity index (χ1v) is 10.4. The predicted octanol–water partition coefficient (Wildman–Crippen LogP) is 3.15. The molecule has 7 unspecified atom stereocenters. The Hall–Kier alpha value is -2.37. The van der Waals surface area contributed by atoms with Gasteiger partial charge in [0, 0.05) is 11.5 Å². The van der Waals surface area contributed by atoms with Crippen molar-refractivity contribution in [2.75, 3.05) is 12.0 Å². The number of aryl methyl sites for hydroxylation is 2. The van der Waals surface area contributed by atoms with Crippen LogP contribution in [0, 0.1) is 37.5 Å². The van der Waals surface area contributed by atoms with Crippen LogP contribution < -0.4 is 9.64 Å². The van der Waals surface area contributed by atoms with Crippen molar-refractivity contribution in [3.63, 3.8) is 0 Å². The minimum atomic E-state index is -0.869. The monoisotopic (exact) mass is 391 g/mol. The van der Waals surface area contributed by atoms with E-state index in [1.165, 1.54) is 0 Å². The normalized spacial score (nSPS) is 38.9. The van der Waals surface area contributed by atoms with Crippen molar-refractivity contribution >= 4 is 11.6 Å². The van der Waals surface area contributed by atoms with Gasteiger partial charge < -0.3 is 14.6 Å². The third-order valence-corrected chi connectivity index (χ3v) is 7.82. The summed E-state index contributed by atoms with van der Waals surface area (Å²) in [6, 6.07) is 14.0. The summed E-state index contributed by atoms with van der Waals surface area (Å²) in [5.74, 6) is 0.968. The number of ether oxygens (including phenoxy) is 2. The molecule has 2 aromatic carbocycles. The van der Waals surface area contributed by atoms with Crippen molar-refractivity contribution < 1.29 is 19.4 Å². The first-order valence-electron chi connectivity index (χ1n) is 10.4. The van der Waals surface area contributed by atoms with E-state index in [9.17, 15) is 9.90 Å². The Balaban J connectivity index is 1.61. The van der Waals surface area contributed by atoms with Gasteiger partial charge in [-0.3, -0.25) is 9.69 Å². The number of aliphatic hydroxyl groups is 1. The van der Waals surface area contributed by atoms with Crippen LogP contribution in [0.15, 0.2) is 42.5 Å². The van der Waals surface area contributed by atoms with E-state index in [4.69, 9.17) is 9.47 Å². The van der Waals surface area contributed by atoms with Gasteiger partial charge in [-0.2, -0.15) is 0 Å². The summed E-state index contributed by atoms with van der Waals surface area (Å²) in [5.41, 5.74) is 3.16. The van der Waals surface area contributed by atoms with Gasteiger partial charge in [0.25, 0.3) is 0 Å². The van der Waals surface area contributed by atoms with E-state index in [-0.39, 0.29) is 35.7 Å². The number of amides is 1. The minimum Gasteiger partial charge on any atom is -0.497 e. The predicted molar refractivity (Wildman–Crippen MR) is 108 cm³/mol. The lowest BCUT2D eigenvalue weighted by atomic mass is 9.75. The second-order valence-electron chi connectivity index (χ2n) is 9.03. The maximum absolute atomic E-state index is 13.9. The number of nitrogens with zero attached hydrogens (tertiary/aromatic N) is 1. The average Bonchev–Trinajstić information content (AvgIpc) is 3.39. The summed E-state index contributed by atoms with van der Waals surface area (Å²) < 4.78 is 12.1. The first-order chi connectivity index (χ1) is 14.0. The zero-order valence-corrected chi connectivity index (χ0v) is 16.8. The van der Waals surface area contributed by atoms with Crippen LogP contribution in [0.4, 0.5) is 5.69 Å². The van der Waals surface area contributed by atoms with Gasteiger partial charge >= 0.3 is 0 Å². The lowest BCUT2D eigenvalue weighted by Crippen LogP contribution is -2.49. The molecule has 4 fully saturated rings. The summed E-state index contributed by atoms with van der Waals surface area (Å²) in [5, 5.41) is 10.8. The SMILES string of the molecule is COc1ccc(C23OC4C(O)C5CC4C2C5C(=O)N3c2c(C)cccc2C)cc1. The van der Waals surface area contributed by atoms with Gasteiger partial charge in [0.05, 0.1) is 30.9 Å². The highest BCUT2D eigenvalue weighted by Gasteiger charge is 2.79. The topological polar surface area (TPSA) is 59.0 Å². The molecule has 0 radical (unpaired) electrons.